The zero-order valence-corrected chi connectivity index (χ0v) is 12.0. The lowest BCUT2D eigenvalue weighted by Gasteiger charge is -2.15. The van der Waals surface area contributed by atoms with Crippen LogP contribution in [-0.4, -0.2) is 24.4 Å². The highest BCUT2D eigenvalue weighted by Crippen LogP contribution is 2.29. The molecule has 0 spiro atoms. The van der Waals surface area contributed by atoms with Crippen molar-refractivity contribution in [3.05, 3.63) is 23.8 Å². The van der Waals surface area contributed by atoms with Gasteiger partial charge in [0.05, 0.1) is 18.6 Å². The quantitative estimate of drug-likeness (QED) is 0.745. The normalized spacial score (nSPS) is 12.3. The van der Waals surface area contributed by atoms with E-state index in [4.69, 9.17) is 21.1 Å². The van der Waals surface area contributed by atoms with Gasteiger partial charge in [0, 0.05) is 0 Å². The third kappa shape index (κ3) is 4.22. The lowest BCUT2D eigenvalue weighted by molar-refractivity contribution is -0.116. The van der Waals surface area contributed by atoms with E-state index in [1.165, 1.54) is 6.92 Å². The summed E-state index contributed by atoms with van der Waals surface area (Å²) in [6, 6.07) is 5.60. The van der Waals surface area contributed by atoms with Crippen molar-refractivity contribution in [2.24, 2.45) is 0 Å². The molecule has 0 amide bonds. The molecular formula is C14H19ClO3. The van der Waals surface area contributed by atoms with Gasteiger partial charge in [0.2, 0.25) is 0 Å². The maximum absolute atomic E-state index is 11.1. The summed E-state index contributed by atoms with van der Waals surface area (Å²) in [7, 11) is 1.60. The first-order valence-electron chi connectivity index (χ1n) is 5.92. The molecule has 0 fully saturated rings. The number of hydrogen-bond donors (Lipinski definition) is 0. The number of benzene rings is 1. The number of carbonyl (C=O) groups excluding carboxylic acids is 1. The summed E-state index contributed by atoms with van der Waals surface area (Å²) in [6.45, 7) is 5.39. The summed E-state index contributed by atoms with van der Waals surface area (Å²) in [5.41, 5.74) is 0.960. The minimum absolute atomic E-state index is 0.0289. The van der Waals surface area contributed by atoms with Crippen molar-refractivity contribution in [2.75, 3.05) is 7.11 Å². The minimum atomic E-state index is -0.495. The van der Waals surface area contributed by atoms with Gasteiger partial charge >= 0.3 is 0 Å². The number of carbonyl (C=O) groups is 1. The lowest BCUT2D eigenvalue weighted by atomic mass is 10.1. The van der Waals surface area contributed by atoms with Crippen LogP contribution in [0.4, 0.5) is 0 Å². The Kier molecular flexibility index (Phi) is 5.48. The molecule has 0 N–H and O–H groups in total. The first-order valence-corrected chi connectivity index (χ1v) is 6.35. The standard InChI is InChI=1S/C14H19ClO3/c1-9(2)18-14-8-11(5-6-13(14)17-4)7-12(15)10(3)16/h5-6,8-9,12H,7H2,1-4H3. The molecule has 0 aliphatic heterocycles. The van der Waals surface area contributed by atoms with Crippen molar-refractivity contribution < 1.29 is 14.3 Å². The van der Waals surface area contributed by atoms with Gasteiger partial charge in [0.1, 0.15) is 5.78 Å². The van der Waals surface area contributed by atoms with Crippen molar-refractivity contribution in [3.63, 3.8) is 0 Å². The summed E-state index contributed by atoms with van der Waals surface area (Å²) < 4.78 is 10.9. The van der Waals surface area contributed by atoms with Crippen LogP contribution in [0.25, 0.3) is 0 Å². The van der Waals surface area contributed by atoms with E-state index in [1.54, 1.807) is 7.11 Å². The molecule has 100 valence electrons. The van der Waals surface area contributed by atoms with Crippen molar-refractivity contribution in [1.82, 2.24) is 0 Å². The number of rotatable bonds is 6. The first-order chi connectivity index (χ1) is 8.43. The molecule has 0 aliphatic rings. The average Bonchev–Trinajstić information content (AvgIpc) is 2.28. The second-order valence-electron chi connectivity index (χ2n) is 4.43. The summed E-state index contributed by atoms with van der Waals surface area (Å²) >= 11 is 5.96. The number of methoxy groups -OCH3 is 1. The first kappa shape index (κ1) is 14.8. The fourth-order valence-electron chi connectivity index (χ4n) is 1.54. The van der Waals surface area contributed by atoms with Crippen molar-refractivity contribution in [1.29, 1.82) is 0 Å². The van der Waals surface area contributed by atoms with Gasteiger partial charge in [-0.05, 0) is 44.9 Å². The molecule has 1 aromatic carbocycles. The van der Waals surface area contributed by atoms with Gasteiger partial charge in [-0.3, -0.25) is 4.79 Å². The maximum Gasteiger partial charge on any atom is 0.161 e. The molecular weight excluding hydrogens is 252 g/mol. The number of alkyl halides is 1. The Labute approximate surface area is 113 Å². The maximum atomic E-state index is 11.1. The average molecular weight is 271 g/mol. The minimum Gasteiger partial charge on any atom is -0.493 e. The molecule has 18 heavy (non-hydrogen) atoms. The van der Waals surface area contributed by atoms with E-state index in [1.807, 2.05) is 32.0 Å². The number of halogens is 1. The van der Waals surface area contributed by atoms with Crippen LogP contribution in [0.1, 0.15) is 26.3 Å². The number of ketones is 1. The molecule has 0 saturated heterocycles. The summed E-state index contributed by atoms with van der Waals surface area (Å²) in [6.07, 6.45) is 0.559. The van der Waals surface area contributed by atoms with E-state index in [2.05, 4.69) is 0 Å². The Hall–Kier alpha value is -1.22. The summed E-state index contributed by atoms with van der Waals surface area (Å²) in [4.78, 5) is 11.1. The van der Waals surface area contributed by atoms with Gasteiger partial charge < -0.3 is 9.47 Å². The van der Waals surface area contributed by atoms with Crippen LogP contribution in [0.2, 0.25) is 0 Å². The molecule has 4 heteroatoms. The smallest absolute Gasteiger partial charge is 0.161 e. The third-order valence-electron chi connectivity index (χ3n) is 2.45. The topological polar surface area (TPSA) is 35.5 Å². The number of hydrogen-bond acceptors (Lipinski definition) is 3. The van der Waals surface area contributed by atoms with E-state index in [0.29, 0.717) is 17.9 Å². The third-order valence-corrected chi connectivity index (χ3v) is 2.91. The molecule has 0 bridgehead atoms. The Morgan fingerprint density at radius 2 is 2.00 bits per heavy atom. The molecule has 1 aromatic rings. The van der Waals surface area contributed by atoms with Gasteiger partial charge in [-0.25, -0.2) is 0 Å². The Bertz CT molecular complexity index is 416. The molecule has 1 atom stereocenters. The fraction of sp³-hybridized carbons (Fsp3) is 0.500. The Morgan fingerprint density at radius 1 is 1.33 bits per heavy atom. The van der Waals surface area contributed by atoms with Gasteiger partial charge in [0.15, 0.2) is 11.5 Å². The monoisotopic (exact) mass is 270 g/mol. The van der Waals surface area contributed by atoms with Crippen molar-refractivity contribution in [2.45, 2.75) is 38.7 Å². The van der Waals surface area contributed by atoms with Crippen LogP contribution in [0.5, 0.6) is 11.5 Å². The Morgan fingerprint density at radius 3 is 2.50 bits per heavy atom. The zero-order chi connectivity index (χ0) is 13.7. The molecule has 0 heterocycles. The van der Waals surface area contributed by atoms with E-state index in [-0.39, 0.29) is 11.9 Å². The van der Waals surface area contributed by atoms with Gasteiger partial charge in [-0.15, -0.1) is 11.6 Å². The molecule has 1 rings (SSSR count). The molecule has 0 aromatic heterocycles. The number of ether oxygens (including phenoxy) is 2. The van der Waals surface area contributed by atoms with Crippen LogP contribution in [0.3, 0.4) is 0 Å². The van der Waals surface area contributed by atoms with Crippen LogP contribution in [0.15, 0.2) is 18.2 Å². The lowest BCUT2D eigenvalue weighted by Crippen LogP contribution is -2.13. The van der Waals surface area contributed by atoms with Crippen LogP contribution in [-0.2, 0) is 11.2 Å². The molecule has 1 unspecified atom stereocenters. The summed E-state index contributed by atoms with van der Waals surface area (Å²) in [5.74, 6) is 1.33. The largest absolute Gasteiger partial charge is 0.493 e. The van der Waals surface area contributed by atoms with Crippen molar-refractivity contribution in [3.8, 4) is 11.5 Å². The highest BCUT2D eigenvalue weighted by atomic mass is 35.5. The zero-order valence-electron chi connectivity index (χ0n) is 11.2. The summed E-state index contributed by atoms with van der Waals surface area (Å²) in [5, 5.41) is -0.495. The predicted molar refractivity (Wildman–Crippen MR) is 72.8 cm³/mol. The fourth-order valence-corrected chi connectivity index (χ4v) is 1.72. The van der Waals surface area contributed by atoms with Crippen molar-refractivity contribution >= 4 is 17.4 Å². The number of Topliss-reactive ketones (excluding diaryl/α,β-unsaturated/α-hetero) is 1. The van der Waals surface area contributed by atoms with Gasteiger partial charge in [-0.2, -0.15) is 0 Å². The highest BCUT2D eigenvalue weighted by molar-refractivity contribution is 6.30. The van der Waals surface area contributed by atoms with E-state index in [0.717, 1.165) is 5.56 Å². The molecule has 3 nitrogen and oxygen atoms in total. The SMILES string of the molecule is COc1ccc(CC(Cl)C(C)=O)cc1OC(C)C. The van der Waals surface area contributed by atoms with Crippen LogP contribution >= 0.6 is 11.6 Å². The predicted octanol–water partition coefficient (Wildman–Crippen LogP) is 3.22. The van der Waals surface area contributed by atoms with Gasteiger partial charge in [-0.1, -0.05) is 6.07 Å². The second kappa shape index (κ2) is 6.64. The van der Waals surface area contributed by atoms with Gasteiger partial charge in [0.25, 0.3) is 0 Å². The van der Waals surface area contributed by atoms with Crippen LogP contribution < -0.4 is 9.47 Å². The molecule has 0 radical (unpaired) electrons. The molecule has 0 aliphatic carbocycles. The van der Waals surface area contributed by atoms with Crippen LogP contribution in [0, 0.1) is 0 Å². The molecule has 0 saturated carbocycles. The van der Waals surface area contributed by atoms with E-state index >= 15 is 0 Å². The van der Waals surface area contributed by atoms with E-state index < -0.39 is 5.38 Å². The highest BCUT2D eigenvalue weighted by Gasteiger charge is 2.13. The second-order valence-corrected chi connectivity index (χ2v) is 4.96. The van der Waals surface area contributed by atoms with E-state index in [9.17, 15) is 4.79 Å². The Balaban J connectivity index is 2.91.